The van der Waals surface area contributed by atoms with Gasteiger partial charge < -0.3 is 19.9 Å². The monoisotopic (exact) mass is 299 g/mol. The Hall–Kier alpha value is -1.95. The van der Waals surface area contributed by atoms with Crippen molar-refractivity contribution in [3.05, 3.63) is 24.3 Å². The van der Waals surface area contributed by atoms with Gasteiger partial charge in [0.1, 0.15) is 30.3 Å². The topological polar surface area (TPSA) is 84.9 Å². The van der Waals surface area contributed by atoms with Crippen LogP contribution in [0.3, 0.4) is 0 Å². The van der Waals surface area contributed by atoms with E-state index in [-0.39, 0.29) is 18.3 Å². The minimum absolute atomic E-state index is 0.00690. The Morgan fingerprint density at radius 3 is 2.65 bits per heavy atom. The van der Waals surface area contributed by atoms with Gasteiger partial charge in [-0.25, -0.2) is 0 Å². The van der Waals surface area contributed by atoms with E-state index in [1.807, 2.05) is 0 Å². The highest BCUT2D eigenvalue weighted by atomic mass is 35.5. The van der Waals surface area contributed by atoms with Gasteiger partial charge in [0.05, 0.1) is 0 Å². The zero-order valence-corrected chi connectivity index (χ0v) is 11.5. The molecule has 0 spiro atoms. The highest BCUT2D eigenvalue weighted by molar-refractivity contribution is 6.32. The summed E-state index contributed by atoms with van der Waals surface area (Å²) in [4.78, 5) is 22.4. The quantitative estimate of drug-likeness (QED) is 0.635. The minimum atomic E-state index is -0.871. The summed E-state index contributed by atoms with van der Waals surface area (Å²) in [6.45, 7) is 1.28. The number of alkyl halides is 1. The van der Waals surface area contributed by atoms with Crippen molar-refractivity contribution in [1.29, 1.82) is 0 Å². The summed E-state index contributed by atoms with van der Waals surface area (Å²) in [5, 5.41) is 11.0. The van der Waals surface area contributed by atoms with Crippen molar-refractivity contribution >= 4 is 23.5 Å². The molecule has 0 radical (unpaired) electrons. The molecule has 3 atom stereocenters. The number of halogens is 1. The second kappa shape index (κ2) is 6.00. The molecule has 0 aromatic heterocycles. The SMILES string of the molecule is CC(=O)OC[C@H]1NC(=O)[C@@H](Cl)[C@H]1Oc1ccc(O)cc1. The third kappa shape index (κ3) is 3.33. The third-order valence-corrected chi connectivity index (χ3v) is 3.28. The summed E-state index contributed by atoms with van der Waals surface area (Å²) in [5.74, 6) is -0.243. The number of phenols is 1. The fourth-order valence-electron chi connectivity index (χ4n) is 1.86. The van der Waals surface area contributed by atoms with Crippen molar-refractivity contribution < 1.29 is 24.2 Å². The van der Waals surface area contributed by atoms with Crippen LogP contribution in [-0.2, 0) is 14.3 Å². The van der Waals surface area contributed by atoms with Crippen LogP contribution >= 0.6 is 11.6 Å². The van der Waals surface area contributed by atoms with E-state index in [1.54, 1.807) is 12.1 Å². The average molecular weight is 300 g/mol. The number of benzene rings is 1. The molecular formula is C13H14ClNO5. The number of phenolic OH excluding ortho intramolecular Hbond substituents is 1. The number of rotatable bonds is 4. The van der Waals surface area contributed by atoms with Crippen LogP contribution in [0.1, 0.15) is 6.92 Å². The van der Waals surface area contributed by atoms with Crippen molar-refractivity contribution in [1.82, 2.24) is 5.32 Å². The van der Waals surface area contributed by atoms with E-state index in [1.165, 1.54) is 19.1 Å². The van der Waals surface area contributed by atoms with Crippen LogP contribution < -0.4 is 10.1 Å². The second-order valence-electron chi connectivity index (χ2n) is 4.40. The summed E-state index contributed by atoms with van der Waals surface area (Å²) in [6.07, 6.45) is -0.659. The fraction of sp³-hybridized carbons (Fsp3) is 0.385. The van der Waals surface area contributed by atoms with E-state index in [2.05, 4.69) is 5.32 Å². The van der Waals surface area contributed by atoms with E-state index in [4.69, 9.17) is 21.1 Å². The molecule has 1 aromatic carbocycles. The molecule has 1 saturated heterocycles. The van der Waals surface area contributed by atoms with E-state index < -0.39 is 23.5 Å². The van der Waals surface area contributed by atoms with Gasteiger partial charge in [-0.15, -0.1) is 11.6 Å². The second-order valence-corrected chi connectivity index (χ2v) is 4.87. The summed E-state index contributed by atoms with van der Waals surface area (Å²) in [5.41, 5.74) is 0. The number of hydrogen-bond acceptors (Lipinski definition) is 5. The molecule has 1 amide bonds. The van der Waals surface area contributed by atoms with Crippen molar-refractivity contribution in [3.8, 4) is 11.5 Å². The maximum atomic E-state index is 11.6. The van der Waals surface area contributed by atoms with Gasteiger partial charge in [0.15, 0.2) is 5.38 Å². The number of nitrogens with one attached hydrogen (secondary N) is 1. The zero-order valence-electron chi connectivity index (χ0n) is 10.7. The summed E-state index contributed by atoms with van der Waals surface area (Å²) in [7, 11) is 0. The molecule has 1 aliphatic rings. The normalized spacial score (nSPS) is 25.1. The summed E-state index contributed by atoms with van der Waals surface area (Å²) < 4.78 is 10.5. The molecule has 1 fully saturated rings. The summed E-state index contributed by atoms with van der Waals surface area (Å²) >= 11 is 5.99. The average Bonchev–Trinajstić information content (AvgIpc) is 2.67. The lowest BCUT2D eigenvalue weighted by Gasteiger charge is -2.21. The van der Waals surface area contributed by atoms with Gasteiger partial charge in [-0.1, -0.05) is 0 Å². The van der Waals surface area contributed by atoms with E-state index in [9.17, 15) is 14.7 Å². The molecule has 6 nitrogen and oxygen atoms in total. The minimum Gasteiger partial charge on any atom is -0.508 e. The zero-order chi connectivity index (χ0) is 14.7. The molecule has 1 heterocycles. The Morgan fingerprint density at radius 1 is 1.40 bits per heavy atom. The first kappa shape index (κ1) is 14.5. The Kier molecular flexibility index (Phi) is 4.34. The number of hydrogen-bond donors (Lipinski definition) is 2. The molecule has 2 N–H and O–H groups in total. The molecule has 1 aromatic rings. The van der Waals surface area contributed by atoms with Crippen molar-refractivity contribution in [3.63, 3.8) is 0 Å². The van der Waals surface area contributed by atoms with Crippen LogP contribution in [0.4, 0.5) is 0 Å². The van der Waals surface area contributed by atoms with Gasteiger partial charge in [0.2, 0.25) is 5.91 Å². The molecule has 20 heavy (non-hydrogen) atoms. The van der Waals surface area contributed by atoms with Gasteiger partial charge >= 0.3 is 5.97 Å². The lowest BCUT2D eigenvalue weighted by Crippen LogP contribution is -2.40. The highest BCUT2D eigenvalue weighted by Gasteiger charge is 2.43. The van der Waals surface area contributed by atoms with E-state index in [0.717, 1.165) is 0 Å². The van der Waals surface area contributed by atoms with Gasteiger partial charge in [-0.3, -0.25) is 9.59 Å². The molecule has 0 unspecified atom stereocenters. The number of amides is 1. The van der Waals surface area contributed by atoms with Crippen LogP contribution in [0, 0.1) is 0 Å². The maximum absolute atomic E-state index is 11.6. The van der Waals surface area contributed by atoms with Gasteiger partial charge in [0, 0.05) is 6.92 Å². The van der Waals surface area contributed by atoms with Gasteiger partial charge in [-0.2, -0.15) is 0 Å². The van der Waals surface area contributed by atoms with Crippen LogP contribution in [0.5, 0.6) is 11.5 Å². The lowest BCUT2D eigenvalue weighted by molar-refractivity contribution is -0.142. The predicted molar refractivity (Wildman–Crippen MR) is 70.7 cm³/mol. The van der Waals surface area contributed by atoms with Crippen molar-refractivity contribution in [2.24, 2.45) is 0 Å². The van der Waals surface area contributed by atoms with Crippen molar-refractivity contribution in [2.45, 2.75) is 24.4 Å². The summed E-state index contributed by atoms with van der Waals surface area (Å²) in [6, 6.07) is 5.53. The molecule has 1 aliphatic heterocycles. The fourth-order valence-corrected chi connectivity index (χ4v) is 2.16. The Labute approximate surface area is 120 Å². The van der Waals surface area contributed by atoms with Crippen LogP contribution in [0.2, 0.25) is 0 Å². The smallest absolute Gasteiger partial charge is 0.302 e. The molecule has 2 rings (SSSR count). The maximum Gasteiger partial charge on any atom is 0.302 e. The van der Waals surface area contributed by atoms with Crippen LogP contribution in [-0.4, -0.2) is 41.1 Å². The molecule has 0 saturated carbocycles. The highest BCUT2D eigenvalue weighted by Crippen LogP contribution is 2.24. The lowest BCUT2D eigenvalue weighted by atomic mass is 10.2. The number of esters is 1. The van der Waals surface area contributed by atoms with Gasteiger partial charge in [-0.05, 0) is 24.3 Å². The molecule has 7 heteroatoms. The Bertz CT molecular complexity index is 504. The molecular weight excluding hydrogens is 286 g/mol. The van der Waals surface area contributed by atoms with Crippen molar-refractivity contribution in [2.75, 3.05) is 6.61 Å². The molecule has 0 aliphatic carbocycles. The molecule has 0 bridgehead atoms. The third-order valence-electron chi connectivity index (χ3n) is 2.84. The number of aromatic hydroxyl groups is 1. The first-order valence-electron chi connectivity index (χ1n) is 6.01. The largest absolute Gasteiger partial charge is 0.508 e. The number of ether oxygens (including phenoxy) is 2. The first-order valence-corrected chi connectivity index (χ1v) is 6.44. The van der Waals surface area contributed by atoms with Crippen LogP contribution in [0.15, 0.2) is 24.3 Å². The van der Waals surface area contributed by atoms with E-state index in [0.29, 0.717) is 5.75 Å². The first-order chi connectivity index (χ1) is 9.47. The standard InChI is InChI=1S/C13H14ClNO5/c1-7(16)19-6-10-12(11(14)13(18)15-10)20-9-4-2-8(17)3-5-9/h2-5,10-12,17H,6H2,1H3,(H,15,18)/t10-,11+,12+/m1/s1. The predicted octanol–water partition coefficient (Wildman–Crippen LogP) is 0.808. The number of carbonyl (C=O) groups excluding carboxylic acids is 2. The Morgan fingerprint density at radius 2 is 2.05 bits per heavy atom. The Balaban J connectivity index is 2.06. The van der Waals surface area contributed by atoms with Gasteiger partial charge in [0.25, 0.3) is 0 Å². The van der Waals surface area contributed by atoms with E-state index >= 15 is 0 Å². The number of carbonyl (C=O) groups is 2. The van der Waals surface area contributed by atoms with Crippen LogP contribution in [0.25, 0.3) is 0 Å². The molecule has 108 valence electrons.